The Morgan fingerprint density at radius 1 is 1.27 bits per heavy atom. The Morgan fingerprint density at radius 3 is 2.23 bits per heavy atom. The molecule has 1 unspecified atom stereocenters. The van der Waals surface area contributed by atoms with Crippen molar-refractivity contribution >= 4 is 31.5 Å². The molecule has 0 N–H and O–H groups in total. The van der Waals surface area contributed by atoms with Crippen LogP contribution in [0.2, 0.25) is 0 Å². The highest BCUT2D eigenvalue weighted by Gasteiger charge is 2.31. The van der Waals surface area contributed by atoms with E-state index in [2.05, 4.69) is 0 Å². The number of carbonyl (C=O) groups excluding carboxylic acids is 1. The van der Waals surface area contributed by atoms with Gasteiger partial charge in [-0.25, -0.2) is 13.2 Å². The van der Waals surface area contributed by atoms with Gasteiger partial charge in [0.2, 0.25) is 9.05 Å². The second-order valence-corrected chi connectivity index (χ2v) is 8.78. The normalized spacial score (nSPS) is 13.5. The quantitative estimate of drug-likeness (QED) is 0.760. The molecule has 0 heterocycles. The van der Waals surface area contributed by atoms with E-state index in [1.165, 1.54) is 4.90 Å². The fourth-order valence-corrected chi connectivity index (χ4v) is 3.25. The smallest absolute Gasteiger partial charge is 0.415 e. The van der Waals surface area contributed by atoms with Crippen LogP contribution >= 0.6 is 10.7 Å². The topological polar surface area (TPSA) is 63.7 Å². The average Bonchev–Trinajstić information content (AvgIpc) is 2.35. The SMILES string of the molecule is CCC(CS(=O)(=O)Cl)N(C(=O)OC(C)(C)C)c1ccccc1. The lowest BCUT2D eigenvalue weighted by Crippen LogP contribution is -2.46. The van der Waals surface area contributed by atoms with E-state index >= 15 is 0 Å². The molecular formula is C15H22ClNO4S. The molecule has 1 aromatic rings. The van der Waals surface area contributed by atoms with E-state index in [9.17, 15) is 13.2 Å². The predicted molar refractivity (Wildman–Crippen MR) is 88.9 cm³/mol. The van der Waals surface area contributed by atoms with Gasteiger partial charge in [-0.3, -0.25) is 4.90 Å². The van der Waals surface area contributed by atoms with Gasteiger partial charge in [0.1, 0.15) is 5.60 Å². The predicted octanol–water partition coefficient (Wildman–Crippen LogP) is 3.78. The average molecular weight is 348 g/mol. The lowest BCUT2D eigenvalue weighted by atomic mass is 10.2. The van der Waals surface area contributed by atoms with Crippen molar-refractivity contribution in [1.29, 1.82) is 0 Å². The summed E-state index contributed by atoms with van der Waals surface area (Å²) in [7, 11) is 1.63. The largest absolute Gasteiger partial charge is 0.443 e. The molecule has 0 saturated carbocycles. The van der Waals surface area contributed by atoms with Gasteiger partial charge in [-0.2, -0.15) is 0 Å². The summed E-state index contributed by atoms with van der Waals surface area (Å²) in [6.45, 7) is 7.07. The molecule has 7 heteroatoms. The number of para-hydroxylation sites is 1. The minimum absolute atomic E-state index is 0.334. The molecule has 0 radical (unpaired) electrons. The van der Waals surface area contributed by atoms with E-state index in [0.29, 0.717) is 12.1 Å². The summed E-state index contributed by atoms with van der Waals surface area (Å²) in [6.07, 6.45) is -0.161. The van der Waals surface area contributed by atoms with Gasteiger partial charge in [0.05, 0.1) is 11.8 Å². The molecule has 0 bridgehead atoms. The Hall–Kier alpha value is -1.27. The molecule has 1 aromatic carbocycles. The molecule has 5 nitrogen and oxygen atoms in total. The summed E-state index contributed by atoms with van der Waals surface area (Å²) in [5, 5.41) is 0. The van der Waals surface area contributed by atoms with Gasteiger partial charge in [-0.15, -0.1) is 0 Å². The van der Waals surface area contributed by atoms with E-state index in [1.807, 2.05) is 6.07 Å². The third-order valence-electron chi connectivity index (χ3n) is 2.85. The van der Waals surface area contributed by atoms with Crippen LogP contribution in [-0.2, 0) is 13.8 Å². The highest BCUT2D eigenvalue weighted by molar-refractivity contribution is 8.13. The Morgan fingerprint density at radius 2 is 1.82 bits per heavy atom. The first kappa shape index (κ1) is 18.8. The first-order valence-electron chi connectivity index (χ1n) is 7.03. The van der Waals surface area contributed by atoms with Gasteiger partial charge >= 0.3 is 6.09 Å². The number of hydrogen-bond donors (Lipinski definition) is 0. The van der Waals surface area contributed by atoms with Crippen molar-refractivity contribution in [1.82, 2.24) is 0 Å². The molecule has 1 amide bonds. The molecular weight excluding hydrogens is 326 g/mol. The maximum absolute atomic E-state index is 12.5. The highest BCUT2D eigenvalue weighted by atomic mass is 35.7. The van der Waals surface area contributed by atoms with Crippen LogP contribution in [0.25, 0.3) is 0 Å². The van der Waals surface area contributed by atoms with Gasteiger partial charge in [0.15, 0.2) is 0 Å². The van der Waals surface area contributed by atoms with Gasteiger partial charge < -0.3 is 4.74 Å². The van der Waals surface area contributed by atoms with Gasteiger partial charge in [0, 0.05) is 16.4 Å². The van der Waals surface area contributed by atoms with Crippen LogP contribution < -0.4 is 4.90 Å². The van der Waals surface area contributed by atoms with E-state index in [-0.39, 0.29) is 5.75 Å². The van der Waals surface area contributed by atoms with Crippen LogP contribution in [0.5, 0.6) is 0 Å². The van der Waals surface area contributed by atoms with Crippen molar-refractivity contribution in [2.24, 2.45) is 0 Å². The first-order chi connectivity index (χ1) is 10.0. The molecule has 0 aliphatic rings. The number of amides is 1. The lowest BCUT2D eigenvalue weighted by molar-refractivity contribution is 0.0568. The third-order valence-corrected chi connectivity index (χ3v) is 4.01. The second-order valence-electron chi connectivity index (χ2n) is 5.95. The van der Waals surface area contributed by atoms with E-state index in [1.54, 1.807) is 52.0 Å². The molecule has 1 atom stereocenters. The maximum Gasteiger partial charge on any atom is 0.415 e. The van der Waals surface area contributed by atoms with Crippen molar-refractivity contribution in [3.63, 3.8) is 0 Å². The number of rotatable bonds is 5. The second kappa shape index (κ2) is 7.33. The van der Waals surface area contributed by atoms with Gasteiger partial charge in [-0.05, 0) is 39.3 Å². The lowest BCUT2D eigenvalue weighted by Gasteiger charge is -2.32. The summed E-state index contributed by atoms with van der Waals surface area (Å²) in [5.41, 5.74) is -0.105. The van der Waals surface area contributed by atoms with Crippen molar-refractivity contribution in [2.75, 3.05) is 10.7 Å². The fourth-order valence-electron chi connectivity index (χ4n) is 1.97. The van der Waals surface area contributed by atoms with Crippen LogP contribution in [0, 0.1) is 0 Å². The molecule has 124 valence electrons. The number of anilines is 1. The Balaban J connectivity index is 3.18. The summed E-state index contributed by atoms with van der Waals surface area (Å²) in [6, 6.07) is 8.22. The molecule has 22 heavy (non-hydrogen) atoms. The number of benzene rings is 1. The zero-order valence-electron chi connectivity index (χ0n) is 13.2. The van der Waals surface area contributed by atoms with Crippen LogP contribution in [0.4, 0.5) is 10.5 Å². The zero-order chi connectivity index (χ0) is 17.0. The molecule has 0 saturated heterocycles. The minimum Gasteiger partial charge on any atom is -0.443 e. The van der Waals surface area contributed by atoms with E-state index < -0.39 is 26.8 Å². The number of ether oxygens (including phenoxy) is 1. The summed E-state index contributed by atoms with van der Waals surface area (Å²) < 4.78 is 28.3. The molecule has 0 aromatic heterocycles. The first-order valence-corrected chi connectivity index (χ1v) is 9.51. The number of halogens is 1. The molecule has 0 fully saturated rings. The molecule has 0 spiro atoms. The maximum atomic E-state index is 12.5. The Kier molecular flexibility index (Phi) is 6.26. The standard InChI is InChI=1S/C15H22ClNO4S/c1-5-12(11-22(16,19)20)17(13-9-7-6-8-10-13)14(18)21-15(2,3)4/h6-10,12H,5,11H2,1-4H3. The number of nitrogens with zero attached hydrogens (tertiary/aromatic N) is 1. The monoisotopic (exact) mass is 347 g/mol. The van der Waals surface area contributed by atoms with E-state index in [4.69, 9.17) is 15.4 Å². The van der Waals surface area contributed by atoms with Gasteiger partial charge in [-0.1, -0.05) is 25.1 Å². The minimum atomic E-state index is -3.74. The fraction of sp³-hybridized carbons (Fsp3) is 0.533. The van der Waals surface area contributed by atoms with Crippen LogP contribution in [0.3, 0.4) is 0 Å². The number of hydrogen-bond acceptors (Lipinski definition) is 4. The highest BCUT2D eigenvalue weighted by Crippen LogP contribution is 2.23. The third kappa shape index (κ3) is 6.23. The molecule has 0 aliphatic carbocycles. The summed E-state index contributed by atoms with van der Waals surface area (Å²) >= 11 is 0. The van der Waals surface area contributed by atoms with Crippen LogP contribution in [0.1, 0.15) is 34.1 Å². The summed E-state index contributed by atoms with van der Waals surface area (Å²) in [5.74, 6) is -0.334. The Labute approximate surface area is 136 Å². The Bertz CT molecular complexity index is 596. The molecule has 1 rings (SSSR count). The number of carbonyl (C=O) groups is 1. The van der Waals surface area contributed by atoms with Gasteiger partial charge in [0.25, 0.3) is 0 Å². The van der Waals surface area contributed by atoms with Crippen molar-refractivity contribution < 1.29 is 17.9 Å². The molecule has 0 aliphatic heterocycles. The van der Waals surface area contributed by atoms with Crippen molar-refractivity contribution in [3.8, 4) is 0 Å². The van der Waals surface area contributed by atoms with Crippen molar-refractivity contribution in [2.45, 2.75) is 45.8 Å². The van der Waals surface area contributed by atoms with Crippen molar-refractivity contribution in [3.05, 3.63) is 30.3 Å². The van der Waals surface area contributed by atoms with E-state index in [0.717, 1.165) is 0 Å². The summed E-state index contributed by atoms with van der Waals surface area (Å²) in [4.78, 5) is 13.9. The van der Waals surface area contributed by atoms with Crippen LogP contribution in [0.15, 0.2) is 30.3 Å². The van der Waals surface area contributed by atoms with Crippen LogP contribution in [-0.4, -0.2) is 31.9 Å². The zero-order valence-corrected chi connectivity index (χ0v) is 14.8.